The standard InChI is InChI=1S/C20H33N/c1-19(2)18(17-11-6-4-5-7-12-17)13-8-9-14-20(19,3)15-10-16-21/h4-15H2,1-3H3. The van der Waals surface area contributed by atoms with Gasteiger partial charge < -0.3 is 0 Å². The van der Waals surface area contributed by atoms with Crippen LogP contribution in [0.1, 0.15) is 97.8 Å². The summed E-state index contributed by atoms with van der Waals surface area (Å²) in [4.78, 5) is 0. The Kier molecular flexibility index (Phi) is 5.53. The second-order valence-electron chi connectivity index (χ2n) is 8.05. The van der Waals surface area contributed by atoms with Crippen molar-refractivity contribution in [3.05, 3.63) is 11.1 Å². The maximum atomic E-state index is 9.04. The molecular formula is C20H33N. The van der Waals surface area contributed by atoms with E-state index in [1.165, 1.54) is 64.2 Å². The topological polar surface area (TPSA) is 23.8 Å². The number of rotatable bonds is 2. The Morgan fingerprint density at radius 2 is 1.52 bits per heavy atom. The monoisotopic (exact) mass is 287 g/mol. The Balaban J connectivity index is 2.35. The summed E-state index contributed by atoms with van der Waals surface area (Å²) in [5.41, 5.74) is 4.14. The van der Waals surface area contributed by atoms with Crippen LogP contribution in [0.15, 0.2) is 11.1 Å². The van der Waals surface area contributed by atoms with Gasteiger partial charge in [0.2, 0.25) is 0 Å². The number of nitrogens with zero attached hydrogens (tertiary/aromatic N) is 1. The molecule has 0 bridgehead atoms. The van der Waals surface area contributed by atoms with Gasteiger partial charge in [-0.3, -0.25) is 0 Å². The predicted molar refractivity (Wildman–Crippen MR) is 89.9 cm³/mol. The zero-order valence-electron chi connectivity index (χ0n) is 14.4. The second-order valence-corrected chi connectivity index (χ2v) is 8.05. The normalized spacial score (nSPS) is 30.4. The third kappa shape index (κ3) is 3.53. The molecule has 2 rings (SSSR count). The molecule has 0 aliphatic heterocycles. The highest BCUT2D eigenvalue weighted by Gasteiger charge is 2.44. The first-order valence-electron chi connectivity index (χ1n) is 9.09. The van der Waals surface area contributed by atoms with Gasteiger partial charge in [-0.05, 0) is 62.2 Å². The van der Waals surface area contributed by atoms with Gasteiger partial charge in [-0.2, -0.15) is 5.26 Å². The van der Waals surface area contributed by atoms with Crippen molar-refractivity contribution in [2.24, 2.45) is 10.8 Å². The van der Waals surface area contributed by atoms with E-state index in [2.05, 4.69) is 26.8 Å². The molecule has 1 atom stereocenters. The van der Waals surface area contributed by atoms with Gasteiger partial charge >= 0.3 is 0 Å². The highest BCUT2D eigenvalue weighted by molar-refractivity contribution is 5.26. The first kappa shape index (κ1) is 16.6. The van der Waals surface area contributed by atoms with E-state index in [0.29, 0.717) is 11.8 Å². The molecule has 0 aromatic rings. The maximum absolute atomic E-state index is 9.04. The molecule has 0 heterocycles. The molecule has 1 heteroatoms. The summed E-state index contributed by atoms with van der Waals surface area (Å²) < 4.78 is 0. The molecule has 2 saturated carbocycles. The lowest BCUT2D eigenvalue weighted by Gasteiger charge is -2.46. The van der Waals surface area contributed by atoms with Gasteiger partial charge in [0.05, 0.1) is 6.07 Å². The van der Waals surface area contributed by atoms with Gasteiger partial charge in [0.25, 0.3) is 0 Å². The van der Waals surface area contributed by atoms with E-state index in [1.54, 1.807) is 11.1 Å². The van der Waals surface area contributed by atoms with Crippen molar-refractivity contribution >= 4 is 0 Å². The van der Waals surface area contributed by atoms with Gasteiger partial charge in [-0.1, -0.05) is 51.2 Å². The molecule has 0 spiro atoms. The molecule has 0 aromatic heterocycles. The van der Waals surface area contributed by atoms with Gasteiger partial charge in [-0.25, -0.2) is 0 Å². The van der Waals surface area contributed by atoms with E-state index in [1.807, 2.05) is 0 Å². The molecule has 0 radical (unpaired) electrons. The fourth-order valence-electron chi connectivity index (χ4n) is 4.65. The lowest BCUT2D eigenvalue weighted by atomic mass is 9.59. The van der Waals surface area contributed by atoms with Crippen LogP contribution in [0.3, 0.4) is 0 Å². The third-order valence-corrected chi connectivity index (χ3v) is 6.59. The second kappa shape index (κ2) is 6.99. The van der Waals surface area contributed by atoms with Crippen LogP contribution in [0.25, 0.3) is 0 Å². The average Bonchev–Trinajstić information content (AvgIpc) is 2.77. The molecular weight excluding hydrogens is 254 g/mol. The van der Waals surface area contributed by atoms with Crippen molar-refractivity contribution < 1.29 is 0 Å². The first-order chi connectivity index (χ1) is 10.0. The summed E-state index contributed by atoms with van der Waals surface area (Å²) in [5, 5.41) is 9.04. The summed E-state index contributed by atoms with van der Waals surface area (Å²) in [7, 11) is 0. The summed E-state index contributed by atoms with van der Waals surface area (Å²) in [6, 6.07) is 2.39. The molecule has 21 heavy (non-hydrogen) atoms. The van der Waals surface area contributed by atoms with E-state index in [9.17, 15) is 0 Å². The van der Waals surface area contributed by atoms with Crippen molar-refractivity contribution in [1.29, 1.82) is 5.26 Å². The summed E-state index contributed by atoms with van der Waals surface area (Å²) in [5.74, 6) is 0. The van der Waals surface area contributed by atoms with Crippen molar-refractivity contribution in [3.63, 3.8) is 0 Å². The third-order valence-electron chi connectivity index (χ3n) is 6.59. The van der Waals surface area contributed by atoms with E-state index in [4.69, 9.17) is 5.26 Å². The molecule has 0 N–H and O–H groups in total. The van der Waals surface area contributed by atoms with E-state index < -0.39 is 0 Å². The Hall–Kier alpha value is -0.770. The Morgan fingerprint density at radius 3 is 2.14 bits per heavy atom. The van der Waals surface area contributed by atoms with Crippen LogP contribution in [-0.4, -0.2) is 0 Å². The number of nitriles is 1. The fraction of sp³-hybridized carbons (Fsp3) is 0.850. The van der Waals surface area contributed by atoms with Gasteiger partial charge in [0.1, 0.15) is 0 Å². The molecule has 0 saturated heterocycles. The van der Waals surface area contributed by atoms with Crippen molar-refractivity contribution in [1.82, 2.24) is 0 Å². The van der Waals surface area contributed by atoms with Crippen LogP contribution in [0, 0.1) is 22.2 Å². The largest absolute Gasteiger partial charge is 0.198 e. The SMILES string of the molecule is CC1(CCC#N)CCCCC(=C2CCCCCC2)C1(C)C. The van der Waals surface area contributed by atoms with Crippen LogP contribution >= 0.6 is 0 Å². The van der Waals surface area contributed by atoms with Gasteiger partial charge in [-0.15, -0.1) is 0 Å². The van der Waals surface area contributed by atoms with E-state index >= 15 is 0 Å². The number of hydrogen-bond donors (Lipinski definition) is 0. The van der Waals surface area contributed by atoms with Gasteiger partial charge in [0.15, 0.2) is 0 Å². The average molecular weight is 287 g/mol. The minimum absolute atomic E-state index is 0.264. The molecule has 0 amide bonds. The summed E-state index contributed by atoms with van der Waals surface area (Å²) in [6.07, 6.45) is 15.4. The van der Waals surface area contributed by atoms with Crippen LogP contribution in [0.4, 0.5) is 0 Å². The Morgan fingerprint density at radius 1 is 0.905 bits per heavy atom. The van der Waals surface area contributed by atoms with Crippen molar-refractivity contribution in [2.45, 2.75) is 97.8 Å². The van der Waals surface area contributed by atoms with E-state index in [-0.39, 0.29) is 5.41 Å². The zero-order valence-corrected chi connectivity index (χ0v) is 14.4. The van der Waals surface area contributed by atoms with Crippen molar-refractivity contribution in [3.8, 4) is 6.07 Å². The first-order valence-corrected chi connectivity index (χ1v) is 9.09. The van der Waals surface area contributed by atoms with Crippen LogP contribution in [0.5, 0.6) is 0 Å². The quantitative estimate of drug-likeness (QED) is 0.417. The smallest absolute Gasteiger partial charge is 0.0621 e. The highest BCUT2D eigenvalue weighted by atomic mass is 14.5. The molecule has 2 fully saturated rings. The van der Waals surface area contributed by atoms with Gasteiger partial charge in [0, 0.05) is 6.42 Å². The maximum Gasteiger partial charge on any atom is 0.0621 e. The molecule has 2 aliphatic carbocycles. The number of allylic oxidation sites excluding steroid dienone is 2. The molecule has 0 aromatic carbocycles. The number of hydrogen-bond acceptors (Lipinski definition) is 1. The summed E-state index contributed by atoms with van der Waals surface area (Å²) >= 11 is 0. The fourth-order valence-corrected chi connectivity index (χ4v) is 4.65. The zero-order chi connectivity index (χ0) is 15.3. The Bertz CT molecular complexity index is 414. The van der Waals surface area contributed by atoms with Crippen LogP contribution < -0.4 is 0 Å². The minimum Gasteiger partial charge on any atom is -0.198 e. The summed E-state index contributed by atoms with van der Waals surface area (Å²) in [6.45, 7) is 7.40. The lowest BCUT2D eigenvalue weighted by Crippen LogP contribution is -2.36. The molecule has 1 unspecified atom stereocenters. The minimum atomic E-state index is 0.264. The van der Waals surface area contributed by atoms with E-state index in [0.717, 1.165) is 6.42 Å². The van der Waals surface area contributed by atoms with Crippen LogP contribution in [0.2, 0.25) is 0 Å². The Labute approximate surface area is 131 Å². The molecule has 1 nitrogen and oxygen atoms in total. The lowest BCUT2D eigenvalue weighted by molar-refractivity contribution is 0.107. The predicted octanol–water partition coefficient (Wildman–Crippen LogP) is 6.55. The molecule has 2 aliphatic rings. The van der Waals surface area contributed by atoms with Crippen molar-refractivity contribution in [2.75, 3.05) is 0 Å². The molecule has 118 valence electrons. The highest BCUT2D eigenvalue weighted by Crippen LogP contribution is 2.55. The van der Waals surface area contributed by atoms with Crippen LogP contribution in [-0.2, 0) is 0 Å².